The van der Waals surface area contributed by atoms with Gasteiger partial charge >= 0.3 is 12.0 Å². The van der Waals surface area contributed by atoms with Crippen LogP contribution >= 0.6 is 0 Å². The van der Waals surface area contributed by atoms with Gasteiger partial charge in [0.15, 0.2) is 0 Å². The Morgan fingerprint density at radius 1 is 1.25 bits per heavy atom. The molecule has 1 saturated carbocycles. The fourth-order valence-corrected chi connectivity index (χ4v) is 2.25. The highest BCUT2D eigenvalue weighted by Gasteiger charge is 2.24. The molecule has 1 aliphatic rings. The number of benzene rings is 1. The van der Waals surface area contributed by atoms with Crippen LogP contribution in [0.4, 0.5) is 10.5 Å². The number of aliphatic carboxylic acids is 1. The number of carbonyl (C=O) groups excluding carboxylic acids is 2. The van der Waals surface area contributed by atoms with Crippen LogP contribution in [0, 0.1) is 5.92 Å². The Bertz CT molecular complexity index is 626. The van der Waals surface area contributed by atoms with Crippen molar-refractivity contribution < 1.29 is 19.5 Å². The van der Waals surface area contributed by atoms with Gasteiger partial charge in [-0.15, -0.1) is 0 Å². The lowest BCUT2D eigenvalue weighted by Gasteiger charge is -2.16. The molecule has 0 aromatic heterocycles. The van der Waals surface area contributed by atoms with Crippen molar-refractivity contribution in [1.82, 2.24) is 10.6 Å². The first kappa shape index (κ1) is 17.8. The first-order valence-corrected chi connectivity index (χ1v) is 8.06. The number of carbonyl (C=O) groups is 3. The minimum Gasteiger partial charge on any atom is -0.480 e. The summed E-state index contributed by atoms with van der Waals surface area (Å²) in [6.45, 7) is 3.79. The first-order chi connectivity index (χ1) is 11.3. The van der Waals surface area contributed by atoms with Crippen LogP contribution in [0.3, 0.4) is 0 Å². The molecule has 0 spiro atoms. The molecule has 0 bridgehead atoms. The SMILES string of the molecule is CC(C)C[C@H](NC(=O)c1cccc(NC(=O)NC2CC2)c1)C(=O)O. The van der Waals surface area contributed by atoms with E-state index >= 15 is 0 Å². The lowest BCUT2D eigenvalue weighted by molar-refractivity contribution is -0.139. The summed E-state index contributed by atoms with van der Waals surface area (Å²) in [5.74, 6) is -1.39. The van der Waals surface area contributed by atoms with Crippen LogP contribution < -0.4 is 16.0 Å². The van der Waals surface area contributed by atoms with E-state index in [2.05, 4.69) is 16.0 Å². The molecule has 4 N–H and O–H groups in total. The first-order valence-electron chi connectivity index (χ1n) is 8.06. The Kier molecular flexibility index (Phi) is 5.78. The van der Waals surface area contributed by atoms with Gasteiger partial charge in [0.1, 0.15) is 6.04 Å². The predicted molar refractivity (Wildman–Crippen MR) is 90.0 cm³/mol. The molecule has 7 heteroatoms. The van der Waals surface area contributed by atoms with E-state index in [0.29, 0.717) is 17.7 Å². The van der Waals surface area contributed by atoms with Crippen LogP contribution in [0.25, 0.3) is 0 Å². The molecule has 2 rings (SSSR count). The largest absolute Gasteiger partial charge is 0.480 e. The Labute approximate surface area is 140 Å². The standard InChI is InChI=1S/C17H23N3O4/c1-10(2)8-14(16(22)23)20-15(21)11-4-3-5-13(9-11)19-17(24)18-12-6-7-12/h3-5,9-10,12,14H,6-8H2,1-2H3,(H,20,21)(H,22,23)(H2,18,19,24)/t14-/m0/s1. The molecule has 1 aliphatic carbocycles. The molecule has 7 nitrogen and oxygen atoms in total. The number of amides is 3. The van der Waals surface area contributed by atoms with Crippen LogP contribution in [0.2, 0.25) is 0 Å². The highest BCUT2D eigenvalue weighted by atomic mass is 16.4. The molecule has 0 heterocycles. The summed E-state index contributed by atoms with van der Waals surface area (Å²) >= 11 is 0. The maximum absolute atomic E-state index is 12.3. The van der Waals surface area contributed by atoms with Gasteiger partial charge in [0.05, 0.1) is 0 Å². The summed E-state index contributed by atoms with van der Waals surface area (Å²) in [4.78, 5) is 35.2. The number of rotatable bonds is 7. The second-order valence-corrected chi connectivity index (χ2v) is 6.45. The predicted octanol–water partition coefficient (Wildman–Crippen LogP) is 2.20. The van der Waals surface area contributed by atoms with Gasteiger partial charge in [0, 0.05) is 17.3 Å². The lowest BCUT2D eigenvalue weighted by Crippen LogP contribution is -2.41. The summed E-state index contributed by atoms with van der Waals surface area (Å²) in [6, 6.07) is 5.41. The molecule has 1 aromatic rings. The van der Waals surface area contributed by atoms with Gasteiger partial charge < -0.3 is 21.1 Å². The molecule has 24 heavy (non-hydrogen) atoms. The van der Waals surface area contributed by atoms with Crippen molar-refractivity contribution in [3.8, 4) is 0 Å². The van der Waals surface area contributed by atoms with Gasteiger partial charge in [-0.1, -0.05) is 19.9 Å². The Hall–Kier alpha value is -2.57. The normalized spacial score (nSPS) is 14.8. The summed E-state index contributed by atoms with van der Waals surface area (Å²) in [5.41, 5.74) is 0.783. The molecule has 1 fully saturated rings. The highest BCUT2D eigenvalue weighted by molar-refractivity contribution is 5.98. The van der Waals surface area contributed by atoms with Gasteiger partial charge in [-0.3, -0.25) is 4.79 Å². The molecule has 3 amide bonds. The molecular formula is C17H23N3O4. The number of carboxylic acid groups (broad SMARTS) is 1. The fraction of sp³-hybridized carbons (Fsp3) is 0.471. The van der Waals surface area contributed by atoms with Gasteiger partial charge in [0.2, 0.25) is 0 Å². The van der Waals surface area contributed by atoms with E-state index < -0.39 is 17.9 Å². The van der Waals surface area contributed by atoms with Gasteiger partial charge in [-0.2, -0.15) is 0 Å². The zero-order valence-electron chi connectivity index (χ0n) is 13.8. The van der Waals surface area contributed by atoms with Crippen LogP contribution in [0.5, 0.6) is 0 Å². The number of anilines is 1. The number of urea groups is 1. The minimum absolute atomic E-state index is 0.144. The molecule has 130 valence electrons. The van der Waals surface area contributed by atoms with E-state index in [-0.39, 0.29) is 18.0 Å². The van der Waals surface area contributed by atoms with Crippen molar-refractivity contribution in [2.24, 2.45) is 5.92 Å². The van der Waals surface area contributed by atoms with Crippen LogP contribution in [0.15, 0.2) is 24.3 Å². The Morgan fingerprint density at radius 3 is 2.54 bits per heavy atom. The molecule has 0 saturated heterocycles. The van der Waals surface area contributed by atoms with Crippen molar-refractivity contribution in [1.29, 1.82) is 0 Å². The molecule has 0 radical (unpaired) electrons. The number of carboxylic acids is 1. The maximum Gasteiger partial charge on any atom is 0.326 e. The molecule has 0 aliphatic heterocycles. The van der Waals surface area contributed by atoms with E-state index in [1.165, 1.54) is 6.07 Å². The maximum atomic E-state index is 12.3. The third kappa shape index (κ3) is 5.57. The molecule has 1 atom stereocenters. The minimum atomic E-state index is -1.06. The summed E-state index contributed by atoms with van der Waals surface area (Å²) < 4.78 is 0. The average Bonchev–Trinajstić information content (AvgIpc) is 3.29. The average molecular weight is 333 g/mol. The van der Waals surface area contributed by atoms with Gasteiger partial charge in [-0.25, -0.2) is 9.59 Å². The van der Waals surface area contributed by atoms with E-state index in [1.54, 1.807) is 18.2 Å². The van der Waals surface area contributed by atoms with Crippen molar-refractivity contribution in [2.45, 2.75) is 45.2 Å². The number of hydrogen-bond acceptors (Lipinski definition) is 3. The fourth-order valence-electron chi connectivity index (χ4n) is 2.25. The third-order valence-corrected chi connectivity index (χ3v) is 3.61. The highest BCUT2D eigenvalue weighted by Crippen LogP contribution is 2.19. The van der Waals surface area contributed by atoms with Crippen LogP contribution in [0.1, 0.15) is 43.5 Å². The van der Waals surface area contributed by atoms with E-state index in [4.69, 9.17) is 0 Å². The lowest BCUT2D eigenvalue weighted by atomic mass is 10.0. The van der Waals surface area contributed by atoms with Crippen molar-refractivity contribution >= 4 is 23.6 Å². The molecular weight excluding hydrogens is 310 g/mol. The number of hydrogen-bond donors (Lipinski definition) is 4. The second-order valence-electron chi connectivity index (χ2n) is 6.45. The van der Waals surface area contributed by atoms with Crippen molar-refractivity contribution in [3.05, 3.63) is 29.8 Å². The van der Waals surface area contributed by atoms with E-state index in [0.717, 1.165) is 12.8 Å². The van der Waals surface area contributed by atoms with Gasteiger partial charge in [0.25, 0.3) is 5.91 Å². The Balaban J connectivity index is 1.99. The number of nitrogens with one attached hydrogen (secondary N) is 3. The monoisotopic (exact) mass is 333 g/mol. The quantitative estimate of drug-likeness (QED) is 0.613. The third-order valence-electron chi connectivity index (χ3n) is 3.61. The summed E-state index contributed by atoms with van der Waals surface area (Å²) in [6.07, 6.45) is 2.33. The zero-order valence-corrected chi connectivity index (χ0v) is 13.8. The second kappa shape index (κ2) is 7.81. The van der Waals surface area contributed by atoms with E-state index in [9.17, 15) is 19.5 Å². The van der Waals surface area contributed by atoms with Crippen LogP contribution in [-0.4, -0.2) is 35.1 Å². The molecule has 0 unspecified atom stereocenters. The van der Waals surface area contributed by atoms with Crippen molar-refractivity contribution in [2.75, 3.05) is 5.32 Å². The molecule has 1 aromatic carbocycles. The van der Waals surface area contributed by atoms with E-state index in [1.807, 2.05) is 13.8 Å². The summed E-state index contributed by atoms with van der Waals surface area (Å²) in [5, 5.41) is 17.2. The topological polar surface area (TPSA) is 108 Å². The smallest absolute Gasteiger partial charge is 0.326 e. The van der Waals surface area contributed by atoms with Crippen LogP contribution in [-0.2, 0) is 4.79 Å². The zero-order chi connectivity index (χ0) is 17.7. The Morgan fingerprint density at radius 2 is 1.96 bits per heavy atom. The summed E-state index contributed by atoms with van der Waals surface area (Å²) in [7, 11) is 0. The van der Waals surface area contributed by atoms with Gasteiger partial charge in [-0.05, 0) is 43.4 Å². The van der Waals surface area contributed by atoms with Crippen molar-refractivity contribution in [3.63, 3.8) is 0 Å².